The van der Waals surface area contributed by atoms with Crippen molar-refractivity contribution in [3.05, 3.63) is 30.1 Å². The number of benzene rings is 1. The SMILES string of the molecule is CC(C)n1cnc2cc(C3CC(C(=O)O)CN3)ccc21. The van der Waals surface area contributed by atoms with Crippen LogP contribution in [0.15, 0.2) is 24.5 Å². The summed E-state index contributed by atoms with van der Waals surface area (Å²) in [5, 5.41) is 12.3. The highest BCUT2D eigenvalue weighted by atomic mass is 16.4. The van der Waals surface area contributed by atoms with Gasteiger partial charge in [0.05, 0.1) is 23.3 Å². The average molecular weight is 273 g/mol. The molecule has 1 fully saturated rings. The molecule has 0 radical (unpaired) electrons. The van der Waals surface area contributed by atoms with Gasteiger partial charge in [0.15, 0.2) is 0 Å². The molecular formula is C15H19N3O2. The molecule has 2 heterocycles. The highest BCUT2D eigenvalue weighted by molar-refractivity contribution is 5.76. The second-order valence-corrected chi connectivity index (χ2v) is 5.73. The molecule has 1 saturated heterocycles. The van der Waals surface area contributed by atoms with E-state index < -0.39 is 5.97 Å². The molecule has 3 rings (SSSR count). The number of aromatic nitrogens is 2. The van der Waals surface area contributed by atoms with E-state index in [-0.39, 0.29) is 12.0 Å². The van der Waals surface area contributed by atoms with Gasteiger partial charge in [-0.3, -0.25) is 4.79 Å². The van der Waals surface area contributed by atoms with Crippen molar-refractivity contribution in [3.63, 3.8) is 0 Å². The van der Waals surface area contributed by atoms with E-state index >= 15 is 0 Å². The standard InChI is InChI=1S/C15H19N3O2/c1-9(2)18-8-17-13-5-10(3-4-14(13)18)12-6-11(7-16-12)15(19)20/h3-5,8-9,11-12,16H,6-7H2,1-2H3,(H,19,20). The zero-order valence-corrected chi connectivity index (χ0v) is 11.7. The van der Waals surface area contributed by atoms with E-state index in [0.29, 0.717) is 19.0 Å². The summed E-state index contributed by atoms with van der Waals surface area (Å²) in [7, 11) is 0. The Bertz CT molecular complexity index is 648. The molecule has 1 aromatic carbocycles. The molecule has 0 saturated carbocycles. The largest absolute Gasteiger partial charge is 0.481 e. The molecule has 2 aromatic rings. The van der Waals surface area contributed by atoms with Crippen LogP contribution in [0.25, 0.3) is 11.0 Å². The Morgan fingerprint density at radius 3 is 2.95 bits per heavy atom. The molecule has 106 valence electrons. The van der Waals surface area contributed by atoms with Crippen LogP contribution in [0.5, 0.6) is 0 Å². The summed E-state index contributed by atoms with van der Waals surface area (Å²) in [6.07, 6.45) is 2.51. The predicted molar refractivity (Wildman–Crippen MR) is 76.6 cm³/mol. The van der Waals surface area contributed by atoms with E-state index in [2.05, 4.69) is 46.9 Å². The van der Waals surface area contributed by atoms with Crippen molar-refractivity contribution in [1.82, 2.24) is 14.9 Å². The first kappa shape index (κ1) is 13.1. The second kappa shape index (κ2) is 4.90. The normalized spacial score (nSPS) is 22.8. The first-order valence-electron chi connectivity index (χ1n) is 6.99. The summed E-state index contributed by atoms with van der Waals surface area (Å²) in [6.45, 7) is 4.80. The van der Waals surface area contributed by atoms with Gasteiger partial charge in [-0.2, -0.15) is 0 Å². The number of hydrogen-bond acceptors (Lipinski definition) is 3. The lowest BCUT2D eigenvalue weighted by atomic mass is 10.00. The molecule has 2 unspecified atom stereocenters. The molecular weight excluding hydrogens is 254 g/mol. The second-order valence-electron chi connectivity index (χ2n) is 5.73. The number of carboxylic acid groups (broad SMARTS) is 1. The van der Waals surface area contributed by atoms with Crippen molar-refractivity contribution >= 4 is 17.0 Å². The fourth-order valence-electron chi connectivity index (χ4n) is 2.85. The molecule has 0 bridgehead atoms. The zero-order valence-electron chi connectivity index (χ0n) is 11.7. The molecule has 5 heteroatoms. The van der Waals surface area contributed by atoms with Gasteiger partial charge >= 0.3 is 5.97 Å². The molecule has 5 nitrogen and oxygen atoms in total. The number of imidazole rings is 1. The Morgan fingerprint density at radius 1 is 1.50 bits per heavy atom. The quantitative estimate of drug-likeness (QED) is 0.901. The Balaban J connectivity index is 1.89. The van der Waals surface area contributed by atoms with Gasteiger partial charge in [0, 0.05) is 18.6 Å². The number of aliphatic carboxylic acids is 1. The summed E-state index contributed by atoms with van der Waals surface area (Å²) in [5.41, 5.74) is 3.21. The number of carboxylic acids is 1. The molecule has 0 amide bonds. The smallest absolute Gasteiger partial charge is 0.307 e. The maximum atomic E-state index is 11.0. The lowest BCUT2D eigenvalue weighted by Crippen LogP contribution is -2.17. The lowest BCUT2D eigenvalue weighted by molar-refractivity contribution is -0.141. The average Bonchev–Trinajstić information content (AvgIpc) is 3.04. The van der Waals surface area contributed by atoms with Crippen molar-refractivity contribution in [2.75, 3.05) is 6.54 Å². The van der Waals surface area contributed by atoms with Gasteiger partial charge in [-0.15, -0.1) is 0 Å². The van der Waals surface area contributed by atoms with Crippen LogP contribution >= 0.6 is 0 Å². The molecule has 2 N–H and O–H groups in total. The third kappa shape index (κ3) is 2.18. The first-order chi connectivity index (χ1) is 9.56. The van der Waals surface area contributed by atoms with Gasteiger partial charge < -0.3 is 15.0 Å². The molecule has 2 atom stereocenters. The van der Waals surface area contributed by atoms with Gasteiger partial charge in [-0.25, -0.2) is 4.98 Å². The highest BCUT2D eigenvalue weighted by Gasteiger charge is 2.30. The van der Waals surface area contributed by atoms with Crippen LogP contribution in [-0.2, 0) is 4.79 Å². The number of carbonyl (C=O) groups is 1. The van der Waals surface area contributed by atoms with Crippen molar-refractivity contribution < 1.29 is 9.90 Å². The topological polar surface area (TPSA) is 67.2 Å². The first-order valence-corrected chi connectivity index (χ1v) is 6.99. The summed E-state index contributed by atoms with van der Waals surface area (Å²) in [4.78, 5) is 15.5. The summed E-state index contributed by atoms with van der Waals surface area (Å²) in [6, 6.07) is 6.71. The van der Waals surface area contributed by atoms with Crippen LogP contribution in [0.2, 0.25) is 0 Å². The van der Waals surface area contributed by atoms with E-state index in [4.69, 9.17) is 5.11 Å². The minimum absolute atomic E-state index is 0.115. The zero-order chi connectivity index (χ0) is 14.3. The van der Waals surface area contributed by atoms with Gasteiger partial charge in [-0.1, -0.05) is 6.07 Å². The van der Waals surface area contributed by atoms with Crippen LogP contribution in [0.4, 0.5) is 0 Å². The van der Waals surface area contributed by atoms with Gasteiger partial charge in [0.25, 0.3) is 0 Å². The summed E-state index contributed by atoms with van der Waals surface area (Å²) >= 11 is 0. The van der Waals surface area contributed by atoms with Gasteiger partial charge in [0.1, 0.15) is 0 Å². The number of nitrogens with zero attached hydrogens (tertiary/aromatic N) is 2. The Labute approximate surface area is 117 Å². The van der Waals surface area contributed by atoms with Crippen LogP contribution < -0.4 is 5.32 Å². The molecule has 1 aliphatic heterocycles. The Hall–Kier alpha value is -1.88. The number of fused-ring (bicyclic) bond motifs is 1. The number of rotatable bonds is 3. The van der Waals surface area contributed by atoms with Crippen molar-refractivity contribution in [2.24, 2.45) is 5.92 Å². The maximum absolute atomic E-state index is 11.0. The minimum Gasteiger partial charge on any atom is -0.481 e. The van der Waals surface area contributed by atoms with E-state index in [1.54, 1.807) is 0 Å². The van der Waals surface area contributed by atoms with E-state index in [1.165, 1.54) is 0 Å². The maximum Gasteiger partial charge on any atom is 0.307 e. The summed E-state index contributed by atoms with van der Waals surface area (Å²) in [5.74, 6) is -1.01. The van der Waals surface area contributed by atoms with E-state index in [9.17, 15) is 4.79 Å². The third-order valence-corrected chi connectivity index (χ3v) is 4.04. The Morgan fingerprint density at radius 2 is 2.30 bits per heavy atom. The summed E-state index contributed by atoms with van der Waals surface area (Å²) < 4.78 is 2.14. The molecule has 0 spiro atoms. The molecule has 0 aliphatic carbocycles. The fourth-order valence-corrected chi connectivity index (χ4v) is 2.85. The molecule has 20 heavy (non-hydrogen) atoms. The van der Waals surface area contributed by atoms with Crippen LogP contribution in [0.3, 0.4) is 0 Å². The number of hydrogen-bond donors (Lipinski definition) is 2. The van der Waals surface area contributed by atoms with Crippen LogP contribution in [0.1, 0.15) is 37.9 Å². The highest BCUT2D eigenvalue weighted by Crippen LogP contribution is 2.29. The van der Waals surface area contributed by atoms with Gasteiger partial charge in [0.2, 0.25) is 0 Å². The molecule has 1 aromatic heterocycles. The van der Waals surface area contributed by atoms with Crippen LogP contribution in [-0.4, -0.2) is 27.2 Å². The van der Waals surface area contributed by atoms with Crippen LogP contribution in [0, 0.1) is 5.92 Å². The van der Waals surface area contributed by atoms with Gasteiger partial charge in [-0.05, 0) is 38.0 Å². The fraction of sp³-hybridized carbons (Fsp3) is 0.467. The van der Waals surface area contributed by atoms with Crippen molar-refractivity contribution in [3.8, 4) is 0 Å². The predicted octanol–water partition coefficient (Wildman–Crippen LogP) is 2.35. The molecule has 1 aliphatic rings. The number of nitrogens with one attached hydrogen (secondary N) is 1. The van der Waals surface area contributed by atoms with Crippen molar-refractivity contribution in [2.45, 2.75) is 32.4 Å². The third-order valence-electron chi connectivity index (χ3n) is 4.04. The van der Waals surface area contributed by atoms with E-state index in [0.717, 1.165) is 16.6 Å². The lowest BCUT2D eigenvalue weighted by Gasteiger charge is -2.12. The Kier molecular flexibility index (Phi) is 3.22. The van der Waals surface area contributed by atoms with E-state index in [1.807, 2.05) is 6.33 Å². The van der Waals surface area contributed by atoms with Crippen molar-refractivity contribution in [1.29, 1.82) is 0 Å². The minimum atomic E-state index is -0.717. The monoisotopic (exact) mass is 273 g/mol.